The van der Waals surface area contributed by atoms with Crippen LogP contribution in [0.4, 0.5) is 5.69 Å². The first-order chi connectivity index (χ1) is 18.5. The van der Waals surface area contributed by atoms with Crippen LogP contribution in [0.3, 0.4) is 0 Å². The number of nitrogens with zero attached hydrogens (tertiary/aromatic N) is 3. The number of fused-ring (bicyclic) bond motifs is 1. The molecule has 200 valence electrons. The van der Waals surface area contributed by atoms with E-state index < -0.39 is 5.54 Å². The lowest BCUT2D eigenvalue weighted by molar-refractivity contribution is -0.118. The number of ether oxygens (including phenoxy) is 2. The minimum absolute atomic E-state index is 0.0186. The minimum Gasteiger partial charge on any atom is -0.493 e. The normalized spacial score (nSPS) is 21.3. The molecule has 1 amide bonds. The molecule has 0 spiro atoms. The van der Waals surface area contributed by atoms with E-state index in [1.807, 2.05) is 49.4 Å². The van der Waals surface area contributed by atoms with Gasteiger partial charge < -0.3 is 19.4 Å². The highest BCUT2D eigenvalue weighted by Gasteiger charge is 2.54. The van der Waals surface area contributed by atoms with Gasteiger partial charge in [-0.1, -0.05) is 19.1 Å². The van der Waals surface area contributed by atoms with Crippen LogP contribution in [0.15, 0.2) is 42.5 Å². The molecule has 8 heteroatoms. The van der Waals surface area contributed by atoms with Crippen LogP contribution in [0.2, 0.25) is 0 Å². The fourth-order valence-corrected chi connectivity index (χ4v) is 5.49. The number of hydrogen-bond acceptors (Lipinski definition) is 6. The van der Waals surface area contributed by atoms with Gasteiger partial charge in [0.2, 0.25) is 5.91 Å². The topological polar surface area (TPSA) is 101 Å². The summed E-state index contributed by atoms with van der Waals surface area (Å²) in [6, 6.07) is 16.4. The number of hydrogen-bond donors (Lipinski definition) is 2. The number of aromatic nitrogens is 1. The van der Waals surface area contributed by atoms with Gasteiger partial charge in [0.15, 0.2) is 0 Å². The number of aryl methyl sites for hydroxylation is 1. The predicted octanol–water partition coefficient (Wildman–Crippen LogP) is 4.38. The summed E-state index contributed by atoms with van der Waals surface area (Å²) in [4.78, 5) is 15.1. The van der Waals surface area contributed by atoms with Crippen molar-refractivity contribution in [3.63, 3.8) is 0 Å². The van der Waals surface area contributed by atoms with E-state index in [1.165, 1.54) is 0 Å². The number of anilines is 1. The Labute approximate surface area is 224 Å². The summed E-state index contributed by atoms with van der Waals surface area (Å²) >= 11 is 0. The molecule has 0 aliphatic carbocycles. The number of nitrogens with one attached hydrogen (secondary N) is 2. The van der Waals surface area contributed by atoms with Gasteiger partial charge in [-0.15, -0.1) is 0 Å². The third kappa shape index (κ3) is 5.14. The van der Waals surface area contributed by atoms with E-state index in [9.17, 15) is 10.1 Å². The summed E-state index contributed by atoms with van der Waals surface area (Å²) in [6.07, 6.45) is 1.88. The molecule has 2 N–H and O–H groups in total. The van der Waals surface area contributed by atoms with E-state index in [1.54, 1.807) is 0 Å². The van der Waals surface area contributed by atoms with Gasteiger partial charge in [-0.25, -0.2) is 0 Å². The van der Waals surface area contributed by atoms with Crippen LogP contribution < -0.4 is 15.4 Å². The van der Waals surface area contributed by atoms with Crippen LogP contribution in [0, 0.1) is 11.3 Å². The Bertz CT molecular complexity index is 1340. The Morgan fingerprint density at radius 1 is 1.21 bits per heavy atom. The molecule has 5 rings (SSSR count). The molecule has 0 bridgehead atoms. The predicted molar refractivity (Wildman–Crippen MR) is 149 cm³/mol. The number of amides is 1. The number of carbonyl (C=O) groups excluding carboxylic acids is 1. The first-order valence-electron chi connectivity index (χ1n) is 13.7. The Balaban J connectivity index is 1.32. The SMILES string of the molecule is CCC1NC1(C)C(=O)Nc1ccc(-c2c(C#N)c3ccc(OCCCN4CCOCC4)cc3n2CC)cc1. The second-order valence-corrected chi connectivity index (χ2v) is 10.3. The van der Waals surface area contributed by atoms with Gasteiger partial charge in [0.25, 0.3) is 0 Å². The van der Waals surface area contributed by atoms with Crippen LogP contribution in [-0.4, -0.2) is 66.4 Å². The summed E-state index contributed by atoms with van der Waals surface area (Å²) < 4.78 is 13.7. The molecule has 2 aromatic carbocycles. The quantitative estimate of drug-likeness (QED) is 0.307. The Morgan fingerprint density at radius 2 is 1.97 bits per heavy atom. The van der Waals surface area contributed by atoms with Gasteiger partial charge in [-0.05, 0) is 56.5 Å². The molecule has 8 nitrogen and oxygen atoms in total. The maximum absolute atomic E-state index is 12.7. The van der Waals surface area contributed by atoms with Crippen molar-refractivity contribution in [2.24, 2.45) is 0 Å². The molecule has 0 saturated carbocycles. The van der Waals surface area contributed by atoms with Gasteiger partial charge in [0, 0.05) is 49.4 Å². The lowest BCUT2D eigenvalue weighted by Crippen LogP contribution is -2.37. The fourth-order valence-electron chi connectivity index (χ4n) is 5.49. The molecular formula is C30H37N5O3. The highest BCUT2D eigenvalue weighted by Crippen LogP contribution is 2.36. The van der Waals surface area contributed by atoms with Gasteiger partial charge >= 0.3 is 0 Å². The number of nitriles is 1. The average Bonchev–Trinajstić information content (AvgIpc) is 3.53. The fraction of sp³-hybridized carbons (Fsp3) is 0.467. The van der Waals surface area contributed by atoms with Crippen LogP contribution in [-0.2, 0) is 16.1 Å². The Hall–Kier alpha value is -3.38. The summed E-state index contributed by atoms with van der Waals surface area (Å²) in [5.41, 5.74) is 3.70. The third-order valence-electron chi connectivity index (χ3n) is 7.84. The lowest BCUT2D eigenvalue weighted by atomic mass is 10.0. The van der Waals surface area contributed by atoms with Crippen molar-refractivity contribution in [2.45, 2.75) is 51.7 Å². The van der Waals surface area contributed by atoms with Crippen LogP contribution in [0.5, 0.6) is 5.75 Å². The molecule has 2 fully saturated rings. The van der Waals surface area contributed by atoms with Crippen molar-refractivity contribution in [1.82, 2.24) is 14.8 Å². The van der Waals surface area contributed by atoms with E-state index in [0.29, 0.717) is 12.2 Å². The molecule has 0 radical (unpaired) electrons. The zero-order chi connectivity index (χ0) is 26.7. The maximum atomic E-state index is 12.7. The van der Waals surface area contributed by atoms with Crippen LogP contribution in [0.1, 0.15) is 39.2 Å². The van der Waals surface area contributed by atoms with Crippen molar-refractivity contribution >= 4 is 22.5 Å². The van der Waals surface area contributed by atoms with Crippen molar-refractivity contribution in [2.75, 3.05) is 44.8 Å². The molecule has 2 saturated heterocycles. The van der Waals surface area contributed by atoms with Crippen LogP contribution in [0.25, 0.3) is 22.2 Å². The zero-order valence-corrected chi connectivity index (χ0v) is 22.5. The summed E-state index contributed by atoms with van der Waals surface area (Å²) in [5, 5.41) is 17.3. The van der Waals surface area contributed by atoms with E-state index in [4.69, 9.17) is 9.47 Å². The summed E-state index contributed by atoms with van der Waals surface area (Å²) in [7, 11) is 0. The van der Waals surface area contributed by atoms with Crippen molar-refractivity contribution < 1.29 is 14.3 Å². The van der Waals surface area contributed by atoms with Gasteiger partial charge in [-0.3, -0.25) is 15.0 Å². The second kappa shape index (κ2) is 11.2. The number of morpholine rings is 1. The monoisotopic (exact) mass is 515 g/mol. The van der Waals surface area contributed by atoms with E-state index in [-0.39, 0.29) is 11.9 Å². The minimum atomic E-state index is -0.502. The third-order valence-corrected chi connectivity index (χ3v) is 7.84. The molecular weight excluding hydrogens is 478 g/mol. The summed E-state index contributed by atoms with van der Waals surface area (Å²) in [5.74, 6) is 0.795. The maximum Gasteiger partial charge on any atom is 0.246 e. The largest absolute Gasteiger partial charge is 0.493 e. The molecule has 3 aromatic rings. The van der Waals surface area contributed by atoms with E-state index in [0.717, 1.165) is 85.8 Å². The molecule has 2 atom stereocenters. The lowest BCUT2D eigenvalue weighted by Gasteiger charge is -2.26. The van der Waals surface area contributed by atoms with Crippen molar-refractivity contribution in [3.05, 3.63) is 48.0 Å². The highest BCUT2D eigenvalue weighted by atomic mass is 16.5. The number of rotatable bonds is 10. The van der Waals surface area contributed by atoms with Crippen LogP contribution >= 0.6 is 0 Å². The van der Waals surface area contributed by atoms with E-state index in [2.05, 4.69) is 40.0 Å². The van der Waals surface area contributed by atoms with Gasteiger partial charge in [-0.2, -0.15) is 5.26 Å². The van der Waals surface area contributed by atoms with Gasteiger partial charge in [0.1, 0.15) is 17.4 Å². The van der Waals surface area contributed by atoms with Crippen molar-refractivity contribution in [3.8, 4) is 23.1 Å². The molecule has 38 heavy (non-hydrogen) atoms. The molecule has 2 aliphatic rings. The van der Waals surface area contributed by atoms with E-state index >= 15 is 0 Å². The first kappa shape index (κ1) is 26.2. The standard InChI is InChI=1S/C30H37N5O3/c1-4-27-30(3,33-27)29(36)32-22-9-7-21(8-10-22)28-25(20-31)24-12-11-23(19-26(24)35(28)5-2)38-16-6-13-34-14-17-37-18-15-34/h7-12,19,27,33H,4-6,13-18H2,1-3H3,(H,32,36). The number of carbonyl (C=O) groups is 1. The first-order valence-corrected chi connectivity index (χ1v) is 13.7. The second-order valence-electron chi connectivity index (χ2n) is 10.3. The zero-order valence-electron chi connectivity index (χ0n) is 22.5. The Kier molecular flexibility index (Phi) is 7.70. The molecule has 2 aliphatic heterocycles. The van der Waals surface area contributed by atoms with Crippen molar-refractivity contribution in [1.29, 1.82) is 5.26 Å². The molecule has 2 unspecified atom stereocenters. The average molecular weight is 516 g/mol. The van der Waals surface area contributed by atoms with Gasteiger partial charge in [0.05, 0.1) is 36.6 Å². The highest BCUT2D eigenvalue weighted by molar-refractivity contribution is 6.01. The smallest absolute Gasteiger partial charge is 0.246 e. The number of benzene rings is 2. The molecule has 1 aromatic heterocycles. The molecule has 3 heterocycles. The Morgan fingerprint density at radius 3 is 2.63 bits per heavy atom. The summed E-state index contributed by atoms with van der Waals surface area (Å²) in [6.45, 7) is 12.1.